The maximum Gasteiger partial charge on any atom is 0.256 e. The SMILES string of the molecule is O=C(Nc1ccc2c(c1)OCCCO2)c1ccsc1. The second-order valence-electron chi connectivity index (χ2n) is 4.18. The fourth-order valence-electron chi connectivity index (χ4n) is 1.84. The quantitative estimate of drug-likeness (QED) is 0.915. The first-order valence-corrected chi connectivity index (χ1v) is 7.00. The Labute approximate surface area is 115 Å². The number of hydrogen-bond acceptors (Lipinski definition) is 4. The molecule has 1 aromatic heterocycles. The third-order valence-electron chi connectivity index (χ3n) is 2.79. The van der Waals surface area contributed by atoms with E-state index in [0.29, 0.717) is 30.2 Å². The zero-order valence-corrected chi connectivity index (χ0v) is 11.0. The maximum absolute atomic E-state index is 11.9. The number of benzene rings is 1. The molecule has 0 aliphatic carbocycles. The molecule has 5 heteroatoms. The molecule has 0 saturated heterocycles. The number of anilines is 1. The molecule has 0 saturated carbocycles. The van der Waals surface area contributed by atoms with Crippen LogP contribution in [0.25, 0.3) is 0 Å². The molecule has 1 N–H and O–H groups in total. The van der Waals surface area contributed by atoms with Gasteiger partial charge in [-0.3, -0.25) is 4.79 Å². The van der Waals surface area contributed by atoms with E-state index in [1.807, 2.05) is 22.9 Å². The molecule has 0 radical (unpaired) electrons. The molecule has 19 heavy (non-hydrogen) atoms. The Kier molecular flexibility index (Phi) is 3.37. The van der Waals surface area contributed by atoms with Crippen LogP contribution in [0.3, 0.4) is 0 Å². The van der Waals surface area contributed by atoms with Crippen molar-refractivity contribution in [3.05, 3.63) is 40.6 Å². The molecule has 1 amide bonds. The molecular weight excluding hydrogens is 262 g/mol. The van der Waals surface area contributed by atoms with Gasteiger partial charge in [-0.05, 0) is 23.6 Å². The van der Waals surface area contributed by atoms with E-state index in [-0.39, 0.29) is 5.91 Å². The van der Waals surface area contributed by atoms with Crippen molar-refractivity contribution in [3.63, 3.8) is 0 Å². The summed E-state index contributed by atoms with van der Waals surface area (Å²) in [6.07, 6.45) is 0.866. The molecule has 0 spiro atoms. The summed E-state index contributed by atoms with van der Waals surface area (Å²) in [4.78, 5) is 11.9. The van der Waals surface area contributed by atoms with E-state index in [4.69, 9.17) is 9.47 Å². The predicted molar refractivity (Wildman–Crippen MR) is 74.3 cm³/mol. The summed E-state index contributed by atoms with van der Waals surface area (Å²) in [7, 11) is 0. The average molecular weight is 275 g/mol. The van der Waals surface area contributed by atoms with Crippen molar-refractivity contribution in [1.29, 1.82) is 0 Å². The first-order chi connectivity index (χ1) is 9.33. The van der Waals surface area contributed by atoms with E-state index in [1.165, 1.54) is 11.3 Å². The fraction of sp³-hybridized carbons (Fsp3) is 0.214. The summed E-state index contributed by atoms with van der Waals surface area (Å²) in [5, 5.41) is 6.54. The minimum absolute atomic E-state index is 0.115. The van der Waals surface area contributed by atoms with Gasteiger partial charge < -0.3 is 14.8 Å². The summed E-state index contributed by atoms with van der Waals surface area (Å²) < 4.78 is 11.1. The number of thiophene rings is 1. The zero-order chi connectivity index (χ0) is 13.1. The number of hydrogen-bond donors (Lipinski definition) is 1. The van der Waals surface area contributed by atoms with E-state index in [2.05, 4.69) is 5.32 Å². The van der Waals surface area contributed by atoms with Crippen molar-refractivity contribution < 1.29 is 14.3 Å². The molecule has 98 valence electrons. The number of ether oxygens (including phenoxy) is 2. The summed E-state index contributed by atoms with van der Waals surface area (Å²) >= 11 is 1.50. The van der Waals surface area contributed by atoms with Gasteiger partial charge in [-0.15, -0.1) is 0 Å². The second kappa shape index (κ2) is 5.32. The molecule has 3 rings (SSSR count). The van der Waals surface area contributed by atoms with Crippen molar-refractivity contribution in [2.24, 2.45) is 0 Å². The van der Waals surface area contributed by atoms with Gasteiger partial charge >= 0.3 is 0 Å². The van der Waals surface area contributed by atoms with Gasteiger partial charge in [0.25, 0.3) is 5.91 Å². The number of rotatable bonds is 2. The number of nitrogens with one attached hydrogen (secondary N) is 1. The van der Waals surface area contributed by atoms with E-state index >= 15 is 0 Å². The number of carbonyl (C=O) groups is 1. The van der Waals surface area contributed by atoms with E-state index in [1.54, 1.807) is 12.1 Å². The number of fused-ring (bicyclic) bond motifs is 1. The zero-order valence-electron chi connectivity index (χ0n) is 10.2. The highest BCUT2D eigenvalue weighted by Gasteiger charge is 2.12. The summed E-state index contributed by atoms with van der Waals surface area (Å²) in [5.41, 5.74) is 1.37. The highest BCUT2D eigenvalue weighted by molar-refractivity contribution is 7.08. The van der Waals surface area contributed by atoms with Crippen molar-refractivity contribution in [3.8, 4) is 11.5 Å². The first kappa shape index (κ1) is 12.0. The lowest BCUT2D eigenvalue weighted by molar-refractivity contribution is 0.102. The van der Waals surface area contributed by atoms with Crippen LogP contribution in [0.5, 0.6) is 11.5 Å². The Balaban J connectivity index is 1.78. The standard InChI is InChI=1S/C14H13NO3S/c16-14(10-4-7-19-9-10)15-11-2-3-12-13(8-11)18-6-1-5-17-12/h2-4,7-9H,1,5-6H2,(H,15,16). The molecule has 1 aromatic carbocycles. The van der Waals surface area contributed by atoms with Crippen LogP contribution in [0.2, 0.25) is 0 Å². The van der Waals surface area contributed by atoms with Gasteiger partial charge in [0, 0.05) is 23.6 Å². The number of carbonyl (C=O) groups excluding carboxylic acids is 1. The second-order valence-corrected chi connectivity index (χ2v) is 4.96. The van der Waals surface area contributed by atoms with Crippen LogP contribution < -0.4 is 14.8 Å². The smallest absolute Gasteiger partial charge is 0.256 e. The molecule has 0 atom stereocenters. The average Bonchev–Trinajstić information content (AvgIpc) is 2.85. The molecule has 1 aliphatic heterocycles. The van der Waals surface area contributed by atoms with Gasteiger partial charge in [-0.25, -0.2) is 0 Å². The van der Waals surface area contributed by atoms with Gasteiger partial charge in [0.1, 0.15) is 0 Å². The van der Waals surface area contributed by atoms with Gasteiger partial charge in [-0.1, -0.05) is 0 Å². The predicted octanol–water partition coefficient (Wildman–Crippen LogP) is 3.16. The van der Waals surface area contributed by atoms with Crippen LogP contribution in [-0.4, -0.2) is 19.1 Å². The largest absolute Gasteiger partial charge is 0.490 e. The first-order valence-electron chi connectivity index (χ1n) is 6.06. The Morgan fingerprint density at radius 2 is 2.00 bits per heavy atom. The van der Waals surface area contributed by atoms with Gasteiger partial charge in [0.15, 0.2) is 11.5 Å². The summed E-state index contributed by atoms with van der Waals surface area (Å²) in [5.74, 6) is 1.29. The Morgan fingerprint density at radius 1 is 1.16 bits per heavy atom. The topological polar surface area (TPSA) is 47.6 Å². The van der Waals surface area contributed by atoms with E-state index in [9.17, 15) is 4.79 Å². The molecule has 0 unspecified atom stereocenters. The minimum Gasteiger partial charge on any atom is -0.490 e. The van der Waals surface area contributed by atoms with Crippen molar-refractivity contribution in [2.45, 2.75) is 6.42 Å². The van der Waals surface area contributed by atoms with Crippen LogP contribution in [-0.2, 0) is 0 Å². The van der Waals surface area contributed by atoms with Crippen molar-refractivity contribution >= 4 is 22.9 Å². The van der Waals surface area contributed by atoms with Crippen LogP contribution >= 0.6 is 11.3 Å². The highest BCUT2D eigenvalue weighted by Crippen LogP contribution is 2.32. The van der Waals surface area contributed by atoms with Crippen LogP contribution in [0, 0.1) is 0 Å². The third-order valence-corrected chi connectivity index (χ3v) is 3.47. The molecule has 1 aliphatic rings. The lowest BCUT2D eigenvalue weighted by Crippen LogP contribution is -2.10. The normalized spacial score (nSPS) is 13.7. The number of amides is 1. The molecular formula is C14H13NO3S. The molecule has 2 aromatic rings. The lowest BCUT2D eigenvalue weighted by Gasteiger charge is -2.10. The Bertz CT molecular complexity index is 580. The van der Waals surface area contributed by atoms with Gasteiger partial charge in [0.2, 0.25) is 0 Å². The van der Waals surface area contributed by atoms with E-state index in [0.717, 1.165) is 12.2 Å². The van der Waals surface area contributed by atoms with Crippen LogP contribution in [0.1, 0.15) is 16.8 Å². The highest BCUT2D eigenvalue weighted by atomic mass is 32.1. The lowest BCUT2D eigenvalue weighted by atomic mass is 10.2. The van der Waals surface area contributed by atoms with E-state index < -0.39 is 0 Å². The van der Waals surface area contributed by atoms with Gasteiger partial charge in [0.05, 0.1) is 18.8 Å². The molecule has 4 nitrogen and oxygen atoms in total. The summed E-state index contributed by atoms with van der Waals surface area (Å²) in [6.45, 7) is 1.29. The third kappa shape index (κ3) is 2.71. The summed E-state index contributed by atoms with van der Waals surface area (Å²) in [6, 6.07) is 7.23. The van der Waals surface area contributed by atoms with Crippen LogP contribution in [0.15, 0.2) is 35.0 Å². The Hall–Kier alpha value is -2.01. The molecule has 0 fully saturated rings. The minimum atomic E-state index is -0.115. The fourth-order valence-corrected chi connectivity index (χ4v) is 2.47. The van der Waals surface area contributed by atoms with Crippen molar-refractivity contribution in [1.82, 2.24) is 0 Å². The van der Waals surface area contributed by atoms with Gasteiger partial charge in [-0.2, -0.15) is 11.3 Å². The van der Waals surface area contributed by atoms with Crippen molar-refractivity contribution in [2.75, 3.05) is 18.5 Å². The Morgan fingerprint density at radius 3 is 2.79 bits per heavy atom. The molecule has 2 heterocycles. The monoisotopic (exact) mass is 275 g/mol. The molecule has 0 bridgehead atoms. The maximum atomic E-state index is 11.9. The van der Waals surface area contributed by atoms with Crippen LogP contribution in [0.4, 0.5) is 5.69 Å².